The number of H-pyrrole nitrogens is 1. The molecule has 2 amide bonds. The van der Waals surface area contributed by atoms with Crippen LogP contribution in [0.2, 0.25) is 0 Å². The molecule has 1 aromatic carbocycles. The molecule has 0 aliphatic carbocycles. The second-order valence-electron chi connectivity index (χ2n) is 6.72. The number of rotatable bonds is 4. The Balaban J connectivity index is 1.26. The van der Waals surface area contributed by atoms with Crippen molar-refractivity contribution in [2.24, 2.45) is 5.92 Å². The Morgan fingerprint density at radius 1 is 1.15 bits per heavy atom. The number of piperidine rings is 1. The first kappa shape index (κ1) is 16.4. The molecular weight excluding hydrogens is 326 g/mol. The molecule has 0 saturated carbocycles. The summed E-state index contributed by atoms with van der Waals surface area (Å²) in [5.41, 5.74) is 3.07. The molecule has 2 aromatic heterocycles. The number of hydrogen-bond donors (Lipinski definition) is 3. The van der Waals surface area contributed by atoms with Gasteiger partial charge in [-0.25, -0.2) is 4.79 Å². The van der Waals surface area contributed by atoms with E-state index in [-0.39, 0.29) is 6.03 Å². The topological polar surface area (TPSA) is 73.1 Å². The van der Waals surface area contributed by atoms with Gasteiger partial charge in [0.1, 0.15) is 0 Å². The largest absolute Gasteiger partial charge is 0.371 e. The van der Waals surface area contributed by atoms with Crippen LogP contribution in [0.4, 0.5) is 16.2 Å². The minimum Gasteiger partial charge on any atom is -0.371 e. The fourth-order valence-electron chi connectivity index (χ4n) is 3.55. The van der Waals surface area contributed by atoms with E-state index < -0.39 is 0 Å². The van der Waals surface area contributed by atoms with Gasteiger partial charge in [-0.05, 0) is 49.1 Å². The van der Waals surface area contributed by atoms with Gasteiger partial charge in [-0.1, -0.05) is 6.07 Å². The van der Waals surface area contributed by atoms with E-state index in [4.69, 9.17) is 0 Å². The maximum Gasteiger partial charge on any atom is 0.319 e. The molecule has 6 nitrogen and oxygen atoms in total. The van der Waals surface area contributed by atoms with Gasteiger partial charge in [0.05, 0.1) is 5.69 Å². The molecule has 3 heterocycles. The van der Waals surface area contributed by atoms with Crippen LogP contribution < -0.4 is 15.5 Å². The van der Waals surface area contributed by atoms with Crippen LogP contribution in [-0.4, -0.2) is 35.6 Å². The maximum absolute atomic E-state index is 12.3. The van der Waals surface area contributed by atoms with Crippen LogP contribution in [-0.2, 0) is 0 Å². The Kier molecular flexibility index (Phi) is 4.73. The summed E-state index contributed by atoms with van der Waals surface area (Å²) >= 11 is 0. The molecule has 1 fully saturated rings. The van der Waals surface area contributed by atoms with Gasteiger partial charge in [-0.3, -0.25) is 4.98 Å². The third kappa shape index (κ3) is 3.64. The number of nitrogens with one attached hydrogen (secondary N) is 3. The summed E-state index contributed by atoms with van der Waals surface area (Å²) in [6, 6.07) is 11.8. The van der Waals surface area contributed by atoms with Crippen LogP contribution in [0.5, 0.6) is 0 Å². The predicted octanol–water partition coefficient (Wildman–Crippen LogP) is 3.60. The van der Waals surface area contributed by atoms with Crippen LogP contribution in [0.1, 0.15) is 12.8 Å². The monoisotopic (exact) mass is 349 g/mol. The highest BCUT2D eigenvalue weighted by atomic mass is 16.2. The van der Waals surface area contributed by atoms with Crippen molar-refractivity contribution in [3.8, 4) is 0 Å². The maximum atomic E-state index is 12.3. The standard InChI is InChI=1S/C20H23N5O/c26-20(24-19-3-1-2-18-17(19)6-11-22-18)23-14-15-7-12-25(13-8-15)16-4-9-21-10-5-16/h1-6,9-11,15,22H,7-8,12-14H2,(H2,23,24,26). The third-order valence-electron chi connectivity index (χ3n) is 5.04. The lowest BCUT2D eigenvalue weighted by molar-refractivity contribution is 0.248. The molecule has 134 valence electrons. The van der Waals surface area contributed by atoms with Crippen molar-refractivity contribution in [1.82, 2.24) is 15.3 Å². The van der Waals surface area contributed by atoms with E-state index in [0.29, 0.717) is 12.5 Å². The second-order valence-corrected chi connectivity index (χ2v) is 6.72. The van der Waals surface area contributed by atoms with E-state index in [0.717, 1.165) is 42.5 Å². The first-order valence-electron chi connectivity index (χ1n) is 9.05. The predicted molar refractivity (Wildman–Crippen MR) is 104 cm³/mol. The smallest absolute Gasteiger partial charge is 0.319 e. The first-order chi connectivity index (χ1) is 12.8. The number of aromatic amines is 1. The number of nitrogens with zero attached hydrogens (tertiary/aromatic N) is 2. The highest BCUT2D eigenvalue weighted by Crippen LogP contribution is 2.23. The Bertz CT molecular complexity index is 868. The lowest BCUT2D eigenvalue weighted by atomic mass is 9.96. The molecule has 0 spiro atoms. The Hall–Kier alpha value is -3.02. The number of hydrogen-bond acceptors (Lipinski definition) is 3. The highest BCUT2D eigenvalue weighted by molar-refractivity contribution is 6.00. The van der Waals surface area contributed by atoms with Crippen LogP contribution >= 0.6 is 0 Å². The number of carbonyl (C=O) groups excluding carboxylic acids is 1. The zero-order valence-electron chi connectivity index (χ0n) is 14.6. The molecule has 6 heteroatoms. The van der Waals surface area contributed by atoms with E-state index in [2.05, 4.69) is 25.5 Å². The van der Waals surface area contributed by atoms with Gasteiger partial charge in [0.2, 0.25) is 0 Å². The first-order valence-corrected chi connectivity index (χ1v) is 9.05. The molecule has 1 aliphatic heterocycles. The van der Waals surface area contributed by atoms with E-state index >= 15 is 0 Å². The molecule has 4 rings (SSSR count). The van der Waals surface area contributed by atoms with Crippen LogP contribution in [0, 0.1) is 5.92 Å². The fraction of sp³-hybridized carbons (Fsp3) is 0.300. The van der Waals surface area contributed by atoms with Gasteiger partial charge < -0.3 is 20.5 Å². The van der Waals surface area contributed by atoms with Gasteiger partial charge in [-0.15, -0.1) is 0 Å². The van der Waals surface area contributed by atoms with Crippen molar-refractivity contribution >= 4 is 28.3 Å². The molecule has 3 N–H and O–H groups in total. The summed E-state index contributed by atoms with van der Waals surface area (Å²) in [6.45, 7) is 2.74. The van der Waals surface area contributed by atoms with Crippen molar-refractivity contribution in [3.05, 3.63) is 55.0 Å². The summed E-state index contributed by atoms with van der Waals surface area (Å²) in [6.07, 6.45) is 7.70. The number of amides is 2. The van der Waals surface area contributed by atoms with E-state index in [1.165, 1.54) is 5.69 Å². The number of urea groups is 1. The normalized spacial score (nSPS) is 15.2. The molecule has 3 aromatic rings. The highest BCUT2D eigenvalue weighted by Gasteiger charge is 2.20. The molecule has 1 saturated heterocycles. The number of carbonyl (C=O) groups is 1. The second kappa shape index (κ2) is 7.47. The summed E-state index contributed by atoms with van der Waals surface area (Å²) < 4.78 is 0. The molecule has 0 unspecified atom stereocenters. The van der Waals surface area contributed by atoms with E-state index in [1.807, 2.05) is 55.0 Å². The van der Waals surface area contributed by atoms with Crippen LogP contribution in [0.25, 0.3) is 10.9 Å². The molecule has 26 heavy (non-hydrogen) atoms. The zero-order chi connectivity index (χ0) is 17.8. The number of benzene rings is 1. The number of fused-ring (bicyclic) bond motifs is 1. The summed E-state index contributed by atoms with van der Waals surface area (Å²) in [5.74, 6) is 0.516. The van der Waals surface area contributed by atoms with Crippen LogP contribution in [0.3, 0.4) is 0 Å². The quantitative estimate of drug-likeness (QED) is 0.674. The minimum atomic E-state index is -0.143. The summed E-state index contributed by atoms with van der Waals surface area (Å²) in [5, 5.41) is 7.00. The lowest BCUT2D eigenvalue weighted by Gasteiger charge is -2.33. The third-order valence-corrected chi connectivity index (χ3v) is 5.04. The number of aromatic nitrogens is 2. The summed E-state index contributed by atoms with van der Waals surface area (Å²) in [4.78, 5) is 21.9. The number of anilines is 2. The van der Waals surface area contributed by atoms with Crippen molar-refractivity contribution in [1.29, 1.82) is 0 Å². The van der Waals surface area contributed by atoms with E-state index in [1.54, 1.807) is 0 Å². The Morgan fingerprint density at radius 2 is 1.96 bits per heavy atom. The molecule has 0 bridgehead atoms. The molecule has 1 aliphatic rings. The number of pyridine rings is 1. The van der Waals surface area contributed by atoms with Crippen molar-refractivity contribution in [2.75, 3.05) is 29.9 Å². The molecule has 0 atom stereocenters. The van der Waals surface area contributed by atoms with Crippen molar-refractivity contribution in [2.45, 2.75) is 12.8 Å². The van der Waals surface area contributed by atoms with E-state index in [9.17, 15) is 4.79 Å². The van der Waals surface area contributed by atoms with Gasteiger partial charge in [0.15, 0.2) is 0 Å². The SMILES string of the molecule is O=C(NCC1CCN(c2ccncc2)CC1)Nc1cccc2[nH]ccc12. The Labute approximate surface area is 152 Å². The van der Waals surface area contributed by atoms with Gasteiger partial charge in [0.25, 0.3) is 0 Å². The van der Waals surface area contributed by atoms with Gasteiger partial charge in [0, 0.05) is 54.8 Å². The van der Waals surface area contributed by atoms with Gasteiger partial charge >= 0.3 is 6.03 Å². The van der Waals surface area contributed by atoms with Crippen LogP contribution in [0.15, 0.2) is 55.0 Å². The Morgan fingerprint density at radius 3 is 2.77 bits per heavy atom. The summed E-state index contributed by atoms with van der Waals surface area (Å²) in [7, 11) is 0. The fourth-order valence-corrected chi connectivity index (χ4v) is 3.55. The average molecular weight is 349 g/mol. The minimum absolute atomic E-state index is 0.143. The average Bonchev–Trinajstić information content (AvgIpc) is 3.17. The zero-order valence-corrected chi connectivity index (χ0v) is 14.6. The van der Waals surface area contributed by atoms with Gasteiger partial charge in [-0.2, -0.15) is 0 Å². The van der Waals surface area contributed by atoms with Crippen molar-refractivity contribution in [3.63, 3.8) is 0 Å². The lowest BCUT2D eigenvalue weighted by Crippen LogP contribution is -2.39. The molecule has 0 radical (unpaired) electrons. The molecular formula is C20H23N5O. The van der Waals surface area contributed by atoms with Crippen molar-refractivity contribution < 1.29 is 4.79 Å².